The van der Waals surface area contributed by atoms with E-state index in [1.54, 1.807) is 12.1 Å². The summed E-state index contributed by atoms with van der Waals surface area (Å²) in [5.74, 6) is -0.317. The largest absolute Gasteiger partial charge is 0.468 e. The first-order chi connectivity index (χ1) is 10.7. The van der Waals surface area contributed by atoms with E-state index in [-0.39, 0.29) is 11.8 Å². The zero-order valence-corrected chi connectivity index (χ0v) is 12.5. The molecule has 1 atom stereocenters. The van der Waals surface area contributed by atoms with Gasteiger partial charge in [0.2, 0.25) is 0 Å². The molecule has 1 unspecified atom stereocenters. The number of ketones is 1. The van der Waals surface area contributed by atoms with E-state index in [2.05, 4.69) is 5.32 Å². The van der Waals surface area contributed by atoms with Crippen molar-refractivity contribution in [1.29, 1.82) is 0 Å². The number of nitrogens with one attached hydrogen (secondary N) is 1. The normalized spacial score (nSPS) is 11.7. The third-order valence-electron chi connectivity index (χ3n) is 3.37. The van der Waals surface area contributed by atoms with Gasteiger partial charge in [-0.1, -0.05) is 60.7 Å². The monoisotopic (exact) mass is 297 g/mol. The van der Waals surface area contributed by atoms with Gasteiger partial charge in [-0.3, -0.25) is 4.79 Å². The Morgan fingerprint density at radius 3 is 2.18 bits per heavy atom. The van der Waals surface area contributed by atoms with Crippen molar-refractivity contribution >= 4 is 11.8 Å². The van der Waals surface area contributed by atoms with Crippen LogP contribution in [0.2, 0.25) is 0 Å². The van der Waals surface area contributed by atoms with E-state index in [1.165, 1.54) is 7.11 Å². The highest BCUT2D eigenvalue weighted by Gasteiger charge is 2.20. The topological polar surface area (TPSA) is 55.4 Å². The van der Waals surface area contributed by atoms with E-state index in [0.717, 1.165) is 5.56 Å². The molecule has 0 fully saturated rings. The highest BCUT2D eigenvalue weighted by molar-refractivity contribution is 5.96. The summed E-state index contributed by atoms with van der Waals surface area (Å²) in [5.41, 5.74) is 1.50. The molecule has 0 saturated heterocycles. The molecule has 0 aliphatic rings. The first-order valence-electron chi connectivity index (χ1n) is 7.17. The summed E-state index contributed by atoms with van der Waals surface area (Å²) in [4.78, 5) is 23.9. The lowest BCUT2D eigenvalue weighted by Gasteiger charge is -2.16. The van der Waals surface area contributed by atoms with E-state index in [1.807, 2.05) is 48.5 Å². The molecular weight excluding hydrogens is 278 g/mol. The van der Waals surface area contributed by atoms with E-state index in [9.17, 15) is 9.59 Å². The minimum absolute atomic E-state index is 0.0461. The van der Waals surface area contributed by atoms with Gasteiger partial charge in [0.25, 0.3) is 0 Å². The van der Waals surface area contributed by atoms with Crippen molar-refractivity contribution in [1.82, 2.24) is 5.32 Å². The molecule has 2 aromatic rings. The van der Waals surface area contributed by atoms with Crippen LogP contribution < -0.4 is 5.32 Å². The van der Waals surface area contributed by atoms with Gasteiger partial charge >= 0.3 is 5.97 Å². The summed E-state index contributed by atoms with van der Waals surface area (Å²) in [6.07, 6.45) is 0.324. The molecule has 0 amide bonds. The van der Waals surface area contributed by atoms with Crippen LogP contribution in [0, 0.1) is 0 Å². The van der Waals surface area contributed by atoms with Gasteiger partial charge < -0.3 is 10.1 Å². The van der Waals surface area contributed by atoms with Gasteiger partial charge in [-0.05, 0) is 5.56 Å². The number of carbonyl (C=O) groups is 2. The molecular formula is C18H19NO3. The summed E-state index contributed by atoms with van der Waals surface area (Å²) in [6.45, 7) is 0.405. The number of esters is 1. The van der Waals surface area contributed by atoms with Crippen LogP contribution in [-0.4, -0.2) is 25.4 Å². The molecule has 4 nitrogen and oxygen atoms in total. The molecule has 2 aromatic carbocycles. The number of methoxy groups -OCH3 is 1. The summed E-state index contributed by atoms with van der Waals surface area (Å²) >= 11 is 0. The molecule has 0 radical (unpaired) electrons. The third-order valence-corrected chi connectivity index (χ3v) is 3.37. The molecule has 0 saturated carbocycles. The van der Waals surface area contributed by atoms with Gasteiger partial charge in [0.15, 0.2) is 5.78 Å². The van der Waals surface area contributed by atoms with Crippen LogP contribution >= 0.6 is 0 Å². The van der Waals surface area contributed by atoms with Gasteiger partial charge in [0, 0.05) is 18.5 Å². The van der Waals surface area contributed by atoms with E-state index < -0.39 is 6.04 Å². The Labute approximate surface area is 130 Å². The molecule has 0 heterocycles. The van der Waals surface area contributed by atoms with Crippen LogP contribution in [0.5, 0.6) is 0 Å². The fourth-order valence-corrected chi connectivity index (χ4v) is 2.20. The van der Waals surface area contributed by atoms with Gasteiger partial charge in [-0.25, -0.2) is 4.79 Å². The first-order valence-corrected chi connectivity index (χ1v) is 7.17. The minimum Gasteiger partial charge on any atom is -0.468 e. The van der Waals surface area contributed by atoms with Crippen LogP contribution in [-0.2, 0) is 9.53 Å². The second-order valence-electron chi connectivity index (χ2n) is 4.86. The number of Topliss-reactive ketones (excluding diaryl/α,β-unsaturated/α-hetero) is 1. The molecule has 0 aliphatic carbocycles. The second kappa shape index (κ2) is 8.10. The Bertz CT molecular complexity index is 611. The Balaban J connectivity index is 1.95. The van der Waals surface area contributed by atoms with Crippen molar-refractivity contribution in [3.63, 3.8) is 0 Å². The van der Waals surface area contributed by atoms with Gasteiger partial charge in [0.1, 0.15) is 6.04 Å². The quantitative estimate of drug-likeness (QED) is 0.630. The Kier molecular flexibility index (Phi) is 5.86. The lowest BCUT2D eigenvalue weighted by molar-refractivity contribution is -0.143. The number of hydrogen-bond acceptors (Lipinski definition) is 4. The van der Waals surface area contributed by atoms with Gasteiger partial charge in [-0.15, -0.1) is 0 Å². The first kappa shape index (κ1) is 15.9. The van der Waals surface area contributed by atoms with Crippen molar-refractivity contribution in [2.75, 3.05) is 13.7 Å². The third kappa shape index (κ3) is 4.27. The summed E-state index contributed by atoms with van der Waals surface area (Å²) < 4.78 is 4.82. The van der Waals surface area contributed by atoms with E-state index in [0.29, 0.717) is 18.5 Å². The van der Waals surface area contributed by atoms with Crippen LogP contribution in [0.25, 0.3) is 0 Å². The average molecular weight is 297 g/mol. The Morgan fingerprint density at radius 2 is 1.59 bits per heavy atom. The summed E-state index contributed by atoms with van der Waals surface area (Å²) in [7, 11) is 1.36. The fraction of sp³-hybridized carbons (Fsp3) is 0.222. The lowest BCUT2D eigenvalue weighted by atomic mass is 10.1. The smallest absolute Gasteiger partial charge is 0.327 e. The number of rotatable bonds is 7. The minimum atomic E-state index is -0.560. The van der Waals surface area contributed by atoms with Gasteiger partial charge in [0.05, 0.1) is 7.11 Å². The van der Waals surface area contributed by atoms with Crippen LogP contribution in [0.15, 0.2) is 60.7 Å². The molecule has 22 heavy (non-hydrogen) atoms. The average Bonchev–Trinajstić information content (AvgIpc) is 2.59. The maximum atomic E-state index is 12.0. The summed E-state index contributed by atoms with van der Waals surface area (Å²) in [6, 6.07) is 17.9. The van der Waals surface area contributed by atoms with Crippen molar-refractivity contribution in [2.45, 2.75) is 12.5 Å². The van der Waals surface area contributed by atoms with Crippen molar-refractivity contribution in [2.24, 2.45) is 0 Å². The number of carbonyl (C=O) groups excluding carboxylic acids is 2. The van der Waals surface area contributed by atoms with Gasteiger partial charge in [-0.2, -0.15) is 0 Å². The van der Waals surface area contributed by atoms with E-state index in [4.69, 9.17) is 4.74 Å². The van der Waals surface area contributed by atoms with Crippen molar-refractivity contribution < 1.29 is 14.3 Å². The highest BCUT2D eigenvalue weighted by atomic mass is 16.5. The highest BCUT2D eigenvalue weighted by Crippen LogP contribution is 2.14. The van der Waals surface area contributed by atoms with Crippen molar-refractivity contribution in [3.8, 4) is 0 Å². The maximum absolute atomic E-state index is 12.0. The Hall–Kier alpha value is -2.46. The predicted octanol–water partition coefficient (Wildman–Crippen LogP) is 2.76. The predicted molar refractivity (Wildman–Crippen MR) is 84.6 cm³/mol. The lowest BCUT2D eigenvalue weighted by Crippen LogP contribution is -2.31. The zero-order valence-electron chi connectivity index (χ0n) is 12.5. The van der Waals surface area contributed by atoms with Crippen molar-refractivity contribution in [3.05, 3.63) is 71.8 Å². The molecule has 1 N–H and O–H groups in total. The molecule has 2 rings (SSSR count). The van der Waals surface area contributed by atoms with Crippen LogP contribution in [0.3, 0.4) is 0 Å². The maximum Gasteiger partial charge on any atom is 0.327 e. The Morgan fingerprint density at radius 1 is 1.00 bits per heavy atom. The summed E-state index contributed by atoms with van der Waals surface area (Å²) in [5, 5.41) is 3.09. The van der Waals surface area contributed by atoms with Crippen LogP contribution in [0.4, 0.5) is 0 Å². The molecule has 0 aliphatic heterocycles. The zero-order chi connectivity index (χ0) is 15.8. The number of hydrogen-bond donors (Lipinski definition) is 1. The molecule has 0 spiro atoms. The molecule has 114 valence electrons. The molecule has 0 bridgehead atoms. The second-order valence-corrected chi connectivity index (χ2v) is 4.86. The standard InChI is InChI=1S/C18H19NO3/c1-22-18(21)17(15-10-6-3-7-11-15)19-13-12-16(20)14-8-4-2-5-9-14/h2-11,17,19H,12-13H2,1H3. The fourth-order valence-electron chi connectivity index (χ4n) is 2.20. The number of ether oxygens (including phenoxy) is 1. The van der Waals surface area contributed by atoms with E-state index >= 15 is 0 Å². The SMILES string of the molecule is COC(=O)C(NCCC(=O)c1ccccc1)c1ccccc1. The van der Waals surface area contributed by atoms with Crippen LogP contribution in [0.1, 0.15) is 28.4 Å². The molecule has 0 aromatic heterocycles. The number of benzene rings is 2. The molecule has 4 heteroatoms.